The molecule has 0 aromatic heterocycles. The van der Waals surface area contributed by atoms with Crippen molar-refractivity contribution in [2.45, 2.75) is 37.3 Å². The Balaban J connectivity index is 2.43. The highest BCUT2D eigenvalue weighted by Gasteiger charge is 2.33. The van der Waals surface area contributed by atoms with Crippen LogP contribution in [0.5, 0.6) is 0 Å². The van der Waals surface area contributed by atoms with E-state index < -0.39 is 15.6 Å². The third kappa shape index (κ3) is 2.95. The van der Waals surface area contributed by atoms with Crippen LogP contribution in [0.25, 0.3) is 0 Å². The van der Waals surface area contributed by atoms with Crippen LogP contribution >= 0.6 is 0 Å². The number of para-hydroxylation sites is 1. The first-order valence-electron chi connectivity index (χ1n) is 6.60. The molecule has 0 bridgehead atoms. The van der Waals surface area contributed by atoms with E-state index in [1.165, 1.54) is 12.1 Å². The molecule has 1 aliphatic rings. The molecule has 1 aromatic carbocycles. The van der Waals surface area contributed by atoms with Gasteiger partial charge in [-0.05, 0) is 30.4 Å². The van der Waals surface area contributed by atoms with E-state index in [2.05, 4.69) is 13.8 Å². The molecule has 0 saturated carbocycles. The van der Waals surface area contributed by atoms with Crippen molar-refractivity contribution in [2.24, 2.45) is 5.41 Å². The van der Waals surface area contributed by atoms with E-state index in [1.807, 2.05) is 4.90 Å². The third-order valence-corrected chi connectivity index (χ3v) is 5.07. The molecule has 1 heterocycles. The van der Waals surface area contributed by atoms with E-state index in [4.69, 9.17) is 0 Å². The van der Waals surface area contributed by atoms with Gasteiger partial charge in [0.05, 0.1) is 10.6 Å². The average molecular weight is 303 g/mol. The molecule has 20 heavy (non-hydrogen) atoms. The number of hydrogen-bond acceptors (Lipinski definition) is 3. The lowest BCUT2D eigenvalue weighted by Crippen LogP contribution is -2.40. The zero-order valence-electron chi connectivity index (χ0n) is 11.6. The zero-order valence-corrected chi connectivity index (χ0v) is 12.5. The highest BCUT2D eigenvalue weighted by molar-refractivity contribution is 7.91. The number of benzene rings is 1. The van der Waals surface area contributed by atoms with Crippen LogP contribution in [0.2, 0.25) is 0 Å². The third-order valence-electron chi connectivity index (χ3n) is 3.65. The molecule has 1 fully saturated rings. The van der Waals surface area contributed by atoms with Gasteiger partial charge >= 0.3 is 5.76 Å². The van der Waals surface area contributed by atoms with Crippen LogP contribution < -0.4 is 4.90 Å². The first kappa shape index (κ1) is 15.2. The number of rotatable bonds is 3. The maximum absolute atomic E-state index is 12.8. The maximum atomic E-state index is 12.8. The van der Waals surface area contributed by atoms with Gasteiger partial charge in [-0.1, -0.05) is 26.0 Å². The Morgan fingerprint density at radius 3 is 2.50 bits per heavy atom. The summed E-state index contributed by atoms with van der Waals surface area (Å²) in [4.78, 5) is 1.63. The topological polar surface area (TPSA) is 37.4 Å². The Morgan fingerprint density at radius 1 is 1.25 bits per heavy atom. The summed E-state index contributed by atoms with van der Waals surface area (Å²) in [7, 11) is -4.57. The number of piperidine rings is 1. The maximum Gasteiger partial charge on any atom is 0.341 e. The predicted octanol–water partition coefficient (Wildman–Crippen LogP) is 3.31. The summed E-state index contributed by atoms with van der Waals surface area (Å²) >= 11 is 0. The molecule has 1 saturated heterocycles. The molecule has 2 rings (SSSR count). The molecule has 0 spiro atoms. The van der Waals surface area contributed by atoms with Crippen LogP contribution in [0, 0.1) is 5.41 Å². The molecular weight excluding hydrogens is 284 g/mol. The Morgan fingerprint density at radius 2 is 1.90 bits per heavy atom. The second kappa shape index (κ2) is 5.31. The van der Waals surface area contributed by atoms with Crippen LogP contribution in [0.1, 0.15) is 26.7 Å². The van der Waals surface area contributed by atoms with E-state index in [-0.39, 0.29) is 10.3 Å². The van der Waals surface area contributed by atoms with E-state index in [0.29, 0.717) is 18.8 Å². The fourth-order valence-electron chi connectivity index (χ4n) is 2.68. The number of nitrogens with zero attached hydrogens (tertiary/aromatic N) is 1. The van der Waals surface area contributed by atoms with Gasteiger partial charge in [-0.15, -0.1) is 0 Å². The molecular formula is C14H19F2NO2S. The summed E-state index contributed by atoms with van der Waals surface area (Å²) < 4.78 is 49.1. The van der Waals surface area contributed by atoms with Gasteiger partial charge in [0.25, 0.3) is 0 Å². The fourth-order valence-corrected chi connectivity index (χ4v) is 3.63. The molecule has 112 valence electrons. The molecule has 0 unspecified atom stereocenters. The van der Waals surface area contributed by atoms with Crippen LogP contribution in [-0.2, 0) is 9.84 Å². The minimum Gasteiger partial charge on any atom is -0.370 e. The lowest BCUT2D eigenvalue weighted by atomic mass is 9.84. The molecule has 3 nitrogen and oxygen atoms in total. The van der Waals surface area contributed by atoms with Gasteiger partial charge in [-0.2, -0.15) is 8.78 Å². The Bertz CT molecular complexity index is 585. The van der Waals surface area contributed by atoms with Gasteiger partial charge in [0, 0.05) is 13.1 Å². The molecule has 6 heteroatoms. The molecule has 0 radical (unpaired) electrons. The predicted molar refractivity (Wildman–Crippen MR) is 74.9 cm³/mol. The second-order valence-electron chi connectivity index (χ2n) is 5.96. The molecule has 1 aromatic rings. The Kier molecular flexibility index (Phi) is 4.04. The molecule has 0 amide bonds. The quantitative estimate of drug-likeness (QED) is 0.859. The largest absolute Gasteiger partial charge is 0.370 e. The van der Waals surface area contributed by atoms with Crippen molar-refractivity contribution in [3.05, 3.63) is 24.3 Å². The van der Waals surface area contributed by atoms with Crippen molar-refractivity contribution in [2.75, 3.05) is 18.0 Å². The number of anilines is 1. The molecule has 0 aliphatic carbocycles. The van der Waals surface area contributed by atoms with E-state index in [1.54, 1.807) is 12.1 Å². The highest BCUT2D eigenvalue weighted by atomic mass is 32.2. The van der Waals surface area contributed by atoms with Gasteiger partial charge in [-0.25, -0.2) is 8.42 Å². The summed E-state index contributed by atoms with van der Waals surface area (Å²) in [5, 5.41) is 0. The average Bonchev–Trinajstić information content (AvgIpc) is 2.37. The van der Waals surface area contributed by atoms with Crippen LogP contribution in [0.3, 0.4) is 0 Å². The number of sulfone groups is 1. The van der Waals surface area contributed by atoms with E-state index in [0.717, 1.165) is 12.8 Å². The van der Waals surface area contributed by atoms with Gasteiger partial charge in [0.2, 0.25) is 9.84 Å². The summed E-state index contributed by atoms with van der Waals surface area (Å²) in [6.07, 6.45) is 1.98. The minimum atomic E-state index is -4.57. The van der Waals surface area contributed by atoms with Crippen LogP contribution in [0.4, 0.5) is 14.5 Å². The zero-order chi connectivity index (χ0) is 15.0. The number of alkyl halides is 2. The van der Waals surface area contributed by atoms with Crippen LogP contribution in [-0.4, -0.2) is 27.3 Å². The van der Waals surface area contributed by atoms with Crippen molar-refractivity contribution in [3.63, 3.8) is 0 Å². The van der Waals surface area contributed by atoms with Crippen LogP contribution in [0.15, 0.2) is 29.2 Å². The van der Waals surface area contributed by atoms with Gasteiger partial charge in [0.1, 0.15) is 0 Å². The first-order valence-corrected chi connectivity index (χ1v) is 8.15. The summed E-state index contributed by atoms with van der Waals surface area (Å²) in [6.45, 7) is 5.56. The van der Waals surface area contributed by atoms with Gasteiger partial charge in [0.15, 0.2) is 0 Å². The standard InChI is InChI=1S/C14H19F2NO2S/c1-14(2)8-5-9-17(10-14)11-6-3-4-7-12(11)20(18,19)13(15)16/h3-4,6-7,13H,5,8-10H2,1-2H3. The number of halogens is 2. The summed E-state index contributed by atoms with van der Waals surface area (Å²) in [6, 6.07) is 6.03. The number of hydrogen-bond donors (Lipinski definition) is 0. The highest BCUT2D eigenvalue weighted by Crippen LogP contribution is 2.35. The van der Waals surface area contributed by atoms with E-state index in [9.17, 15) is 17.2 Å². The summed E-state index contributed by atoms with van der Waals surface area (Å²) in [5.41, 5.74) is 0.445. The second-order valence-corrected chi connectivity index (χ2v) is 7.85. The molecule has 0 N–H and O–H groups in total. The SMILES string of the molecule is CC1(C)CCCN(c2ccccc2S(=O)(=O)C(F)F)C1. The first-order chi connectivity index (χ1) is 9.24. The monoisotopic (exact) mass is 303 g/mol. The van der Waals surface area contributed by atoms with Gasteiger partial charge < -0.3 is 4.90 Å². The fraction of sp³-hybridized carbons (Fsp3) is 0.571. The smallest absolute Gasteiger partial charge is 0.341 e. The van der Waals surface area contributed by atoms with Gasteiger partial charge in [-0.3, -0.25) is 0 Å². The normalized spacial score (nSPS) is 19.4. The van der Waals surface area contributed by atoms with Crippen molar-refractivity contribution in [3.8, 4) is 0 Å². The van der Waals surface area contributed by atoms with Crippen molar-refractivity contribution in [1.29, 1.82) is 0 Å². The molecule has 0 atom stereocenters. The van der Waals surface area contributed by atoms with Crippen molar-refractivity contribution in [1.82, 2.24) is 0 Å². The minimum absolute atomic E-state index is 0.0555. The molecule has 1 aliphatic heterocycles. The summed E-state index contributed by atoms with van der Waals surface area (Å²) in [5.74, 6) is -3.39. The Labute approximate surface area is 118 Å². The Hall–Kier alpha value is -1.17. The van der Waals surface area contributed by atoms with Crippen molar-refractivity contribution < 1.29 is 17.2 Å². The van der Waals surface area contributed by atoms with E-state index >= 15 is 0 Å². The lowest BCUT2D eigenvalue weighted by molar-refractivity contribution is 0.234. The van der Waals surface area contributed by atoms with Crippen molar-refractivity contribution >= 4 is 15.5 Å². The lowest BCUT2D eigenvalue weighted by Gasteiger charge is -2.40.